The van der Waals surface area contributed by atoms with E-state index in [9.17, 15) is 4.79 Å². The van der Waals surface area contributed by atoms with Crippen LogP contribution in [0, 0.1) is 0 Å². The van der Waals surface area contributed by atoms with Crippen molar-refractivity contribution in [2.24, 2.45) is 0 Å². The van der Waals surface area contributed by atoms with Gasteiger partial charge < -0.3 is 4.74 Å². The minimum Gasteiger partial charge on any atom is -0.453 e. The minimum atomic E-state index is -0.356. The summed E-state index contributed by atoms with van der Waals surface area (Å²) in [6.07, 6.45) is 4.31. The summed E-state index contributed by atoms with van der Waals surface area (Å²) in [6.45, 7) is 0. The summed E-state index contributed by atoms with van der Waals surface area (Å²) in [7, 11) is 0. The van der Waals surface area contributed by atoms with Crippen LogP contribution in [0.15, 0.2) is 84.3 Å². The zero-order valence-electron chi connectivity index (χ0n) is 13.1. The van der Waals surface area contributed by atoms with E-state index in [4.69, 9.17) is 4.74 Å². The highest BCUT2D eigenvalue weighted by Crippen LogP contribution is 2.24. The molecule has 4 rings (SSSR count). The Bertz CT molecular complexity index is 1030. The molecule has 0 saturated carbocycles. The largest absolute Gasteiger partial charge is 0.453 e. The number of hydrogen-bond donors (Lipinski definition) is 0. The Labute approximate surface area is 142 Å². The van der Waals surface area contributed by atoms with Gasteiger partial charge in [0, 0.05) is 0 Å². The van der Waals surface area contributed by atoms with Crippen molar-refractivity contribution in [3.63, 3.8) is 0 Å². The second-order valence-corrected chi connectivity index (χ2v) is 5.17. The van der Waals surface area contributed by atoms with Crippen LogP contribution in [0.3, 0.4) is 0 Å². The molecular weight excluding hydrogens is 318 g/mol. The Balaban J connectivity index is 1.88. The van der Waals surface area contributed by atoms with Gasteiger partial charge in [-0.15, -0.1) is 0 Å². The first-order chi connectivity index (χ1) is 12.3. The summed E-state index contributed by atoms with van der Waals surface area (Å²) >= 11 is 0. The van der Waals surface area contributed by atoms with Gasteiger partial charge in [0.2, 0.25) is 0 Å². The number of benzene rings is 2. The molecule has 0 N–H and O–H groups in total. The third-order valence-electron chi connectivity index (χ3n) is 3.54. The van der Waals surface area contributed by atoms with Gasteiger partial charge in [-0.1, -0.05) is 36.4 Å². The molecule has 0 aliphatic rings. The minimum absolute atomic E-state index is 0.236. The van der Waals surface area contributed by atoms with Crippen LogP contribution >= 0.6 is 0 Å². The smallest absolute Gasteiger partial charge is 0.301 e. The van der Waals surface area contributed by atoms with E-state index in [2.05, 4.69) is 15.2 Å². The van der Waals surface area contributed by atoms with Crippen LogP contribution in [0.1, 0.15) is 0 Å². The SMILES string of the molecule is O=c1c(-n2cncn2)c(Oc2ccccc2)cnn1-c1ccccc1. The molecule has 0 amide bonds. The zero-order valence-corrected chi connectivity index (χ0v) is 13.1. The van der Waals surface area contributed by atoms with Crippen molar-refractivity contribution < 1.29 is 4.74 Å². The predicted octanol–water partition coefficient (Wildman–Crippen LogP) is 2.61. The monoisotopic (exact) mass is 331 g/mol. The molecule has 0 spiro atoms. The van der Waals surface area contributed by atoms with Gasteiger partial charge in [-0.2, -0.15) is 14.9 Å². The molecule has 0 aliphatic heterocycles. The highest BCUT2D eigenvalue weighted by atomic mass is 16.5. The van der Waals surface area contributed by atoms with E-state index in [0.717, 1.165) is 0 Å². The van der Waals surface area contributed by atoms with E-state index in [1.807, 2.05) is 36.4 Å². The van der Waals surface area contributed by atoms with Crippen LogP contribution in [0.5, 0.6) is 11.5 Å². The highest BCUT2D eigenvalue weighted by molar-refractivity contribution is 5.46. The summed E-state index contributed by atoms with van der Waals surface area (Å²) in [4.78, 5) is 16.9. The lowest BCUT2D eigenvalue weighted by molar-refractivity contribution is 0.469. The molecule has 0 aliphatic carbocycles. The summed E-state index contributed by atoms with van der Waals surface area (Å²) in [6, 6.07) is 18.3. The lowest BCUT2D eigenvalue weighted by Gasteiger charge is -2.12. The molecule has 0 atom stereocenters. The van der Waals surface area contributed by atoms with E-state index in [1.54, 1.807) is 24.3 Å². The van der Waals surface area contributed by atoms with Gasteiger partial charge in [-0.3, -0.25) is 4.79 Å². The molecule has 0 unspecified atom stereocenters. The van der Waals surface area contributed by atoms with E-state index in [1.165, 1.54) is 28.2 Å². The van der Waals surface area contributed by atoms with Crippen molar-refractivity contribution in [2.45, 2.75) is 0 Å². The maximum atomic E-state index is 13.0. The predicted molar refractivity (Wildman–Crippen MR) is 91.3 cm³/mol. The zero-order chi connectivity index (χ0) is 17.1. The molecule has 2 aromatic carbocycles. The maximum Gasteiger partial charge on any atom is 0.301 e. The molecule has 0 bridgehead atoms. The molecule has 7 heteroatoms. The Hall–Kier alpha value is -3.74. The van der Waals surface area contributed by atoms with Gasteiger partial charge in [-0.25, -0.2) is 9.67 Å². The van der Waals surface area contributed by atoms with Crippen LogP contribution in [0.2, 0.25) is 0 Å². The quantitative estimate of drug-likeness (QED) is 0.574. The number of nitrogens with zero attached hydrogens (tertiary/aromatic N) is 5. The van der Waals surface area contributed by atoms with Crippen LogP contribution in [0.25, 0.3) is 11.4 Å². The Morgan fingerprint density at radius 3 is 2.28 bits per heavy atom. The molecule has 7 nitrogen and oxygen atoms in total. The van der Waals surface area contributed by atoms with Gasteiger partial charge in [0.15, 0.2) is 11.4 Å². The van der Waals surface area contributed by atoms with Crippen molar-refractivity contribution >= 4 is 0 Å². The average molecular weight is 331 g/mol. The van der Waals surface area contributed by atoms with E-state index in [0.29, 0.717) is 17.2 Å². The van der Waals surface area contributed by atoms with Crippen LogP contribution in [0.4, 0.5) is 0 Å². The summed E-state index contributed by atoms with van der Waals surface area (Å²) in [5, 5.41) is 8.30. The molecule has 2 aromatic heterocycles. The lowest BCUT2D eigenvalue weighted by atomic mass is 10.3. The van der Waals surface area contributed by atoms with Gasteiger partial charge in [0.1, 0.15) is 18.4 Å². The molecule has 0 saturated heterocycles. The summed E-state index contributed by atoms with van der Waals surface area (Å²) in [5.41, 5.74) is 0.533. The number of hydrogen-bond acceptors (Lipinski definition) is 5. The van der Waals surface area contributed by atoms with Crippen LogP contribution < -0.4 is 10.3 Å². The van der Waals surface area contributed by atoms with E-state index >= 15 is 0 Å². The fraction of sp³-hybridized carbons (Fsp3) is 0. The fourth-order valence-electron chi connectivity index (χ4n) is 2.41. The first-order valence-corrected chi connectivity index (χ1v) is 7.58. The van der Waals surface area contributed by atoms with Crippen LogP contribution in [-0.4, -0.2) is 24.5 Å². The average Bonchev–Trinajstić information content (AvgIpc) is 3.18. The Morgan fingerprint density at radius 2 is 1.60 bits per heavy atom. The van der Waals surface area contributed by atoms with Gasteiger partial charge in [0.05, 0.1) is 11.9 Å². The third kappa shape index (κ3) is 2.90. The van der Waals surface area contributed by atoms with Crippen molar-refractivity contribution in [1.29, 1.82) is 0 Å². The van der Waals surface area contributed by atoms with Crippen molar-refractivity contribution in [3.8, 4) is 22.9 Å². The Morgan fingerprint density at radius 1 is 0.880 bits per heavy atom. The summed E-state index contributed by atoms with van der Waals surface area (Å²) in [5.74, 6) is 0.899. The van der Waals surface area contributed by atoms with Crippen molar-refractivity contribution in [3.05, 3.63) is 89.9 Å². The number of rotatable bonds is 4. The number of ether oxygens (including phenoxy) is 1. The Kier molecular flexibility index (Phi) is 3.80. The molecule has 4 aromatic rings. The molecule has 2 heterocycles. The first kappa shape index (κ1) is 14.8. The third-order valence-corrected chi connectivity index (χ3v) is 3.54. The van der Waals surface area contributed by atoms with Gasteiger partial charge in [0.25, 0.3) is 0 Å². The van der Waals surface area contributed by atoms with Crippen molar-refractivity contribution in [1.82, 2.24) is 24.5 Å². The fourth-order valence-corrected chi connectivity index (χ4v) is 2.41. The van der Waals surface area contributed by atoms with Crippen molar-refractivity contribution in [2.75, 3.05) is 0 Å². The van der Waals surface area contributed by atoms with Gasteiger partial charge in [-0.05, 0) is 24.3 Å². The highest BCUT2D eigenvalue weighted by Gasteiger charge is 2.17. The topological polar surface area (TPSA) is 74.8 Å². The van der Waals surface area contributed by atoms with E-state index < -0.39 is 0 Å². The lowest BCUT2D eigenvalue weighted by Crippen LogP contribution is -2.26. The number of para-hydroxylation sites is 2. The molecule has 122 valence electrons. The van der Waals surface area contributed by atoms with Crippen LogP contribution in [-0.2, 0) is 0 Å². The molecule has 25 heavy (non-hydrogen) atoms. The normalized spacial score (nSPS) is 10.6. The summed E-state index contributed by atoms with van der Waals surface area (Å²) < 4.78 is 8.52. The molecule has 0 fully saturated rings. The molecular formula is C18H13N5O2. The first-order valence-electron chi connectivity index (χ1n) is 7.58. The standard InChI is InChI=1S/C18H13N5O2/c24-18-17(22-13-19-12-21-22)16(25-15-9-5-2-6-10-15)11-20-23(18)14-7-3-1-4-8-14/h1-13H. The molecule has 0 radical (unpaired) electrons. The van der Waals surface area contributed by atoms with E-state index in [-0.39, 0.29) is 11.2 Å². The number of aromatic nitrogens is 5. The second kappa shape index (κ2) is 6.40. The second-order valence-electron chi connectivity index (χ2n) is 5.17. The van der Waals surface area contributed by atoms with Gasteiger partial charge >= 0.3 is 5.56 Å². The maximum absolute atomic E-state index is 13.0.